The van der Waals surface area contributed by atoms with Crippen LogP contribution >= 0.6 is 11.6 Å². The second kappa shape index (κ2) is 7.16. The highest BCUT2D eigenvalue weighted by molar-refractivity contribution is 6.31. The Balaban J connectivity index is 2.09. The van der Waals surface area contributed by atoms with Gasteiger partial charge in [-0.25, -0.2) is 0 Å². The summed E-state index contributed by atoms with van der Waals surface area (Å²) in [6, 6.07) is 5.98. The molecule has 0 aromatic heterocycles. The maximum Gasteiger partial charge on any atom is 0.120 e. The third kappa shape index (κ3) is 3.87. The van der Waals surface area contributed by atoms with Crippen LogP contribution in [0.3, 0.4) is 0 Å². The molecule has 1 aromatic carbocycles. The number of halogens is 1. The van der Waals surface area contributed by atoms with Crippen LogP contribution < -0.4 is 10.5 Å². The van der Waals surface area contributed by atoms with Crippen LogP contribution in [-0.4, -0.2) is 12.6 Å². The molecule has 2 atom stereocenters. The molecular weight excluding hydrogens is 258 g/mol. The van der Waals surface area contributed by atoms with E-state index < -0.39 is 0 Å². The van der Waals surface area contributed by atoms with E-state index in [1.165, 1.54) is 25.7 Å². The average molecular weight is 282 g/mol. The molecule has 2 rings (SSSR count). The summed E-state index contributed by atoms with van der Waals surface area (Å²) < 4.78 is 6.20. The predicted octanol–water partition coefficient (Wildman–Crippen LogP) is 4.19. The van der Waals surface area contributed by atoms with Crippen molar-refractivity contribution in [2.75, 3.05) is 6.54 Å². The van der Waals surface area contributed by atoms with Crippen molar-refractivity contribution in [3.63, 3.8) is 0 Å². The summed E-state index contributed by atoms with van der Waals surface area (Å²) in [7, 11) is 0. The van der Waals surface area contributed by atoms with E-state index in [4.69, 9.17) is 22.1 Å². The normalized spacial score (nSPS) is 23.9. The van der Waals surface area contributed by atoms with E-state index in [-0.39, 0.29) is 6.10 Å². The molecule has 1 saturated carbocycles. The molecule has 0 spiro atoms. The molecule has 1 fully saturated rings. The predicted molar refractivity (Wildman–Crippen MR) is 80.9 cm³/mol. The molecule has 0 heterocycles. The molecule has 1 aromatic rings. The van der Waals surface area contributed by atoms with Gasteiger partial charge in [0, 0.05) is 10.9 Å². The molecule has 0 aliphatic heterocycles. The third-order valence-corrected chi connectivity index (χ3v) is 4.45. The van der Waals surface area contributed by atoms with Gasteiger partial charge in [0.1, 0.15) is 11.9 Å². The number of hydrogen-bond donors (Lipinski definition) is 1. The van der Waals surface area contributed by atoms with Crippen molar-refractivity contribution in [1.29, 1.82) is 0 Å². The summed E-state index contributed by atoms with van der Waals surface area (Å²) in [6.45, 7) is 2.83. The smallest absolute Gasteiger partial charge is 0.120 e. The zero-order valence-corrected chi connectivity index (χ0v) is 12.5. The van der Waals surface area contributed by atoms with Gasteiger partial charge in [-0.1, -0.05) is 31.4 Å². The van der Waals surface area contributed by atoms with Gasteiger partial charge < -0.3 is 10.5 Å². The van der Waals surface area contributed by atoms with E-state index in [1.807, 2.05) is 12.1 Å². The number of ether oxygens (including phenoxy) is 1. The minimum Gasteiger partial charge on any atom is -0.490 e. The molecule has 2 nitrogen and oxygen atoms in total. The topological polar surface area (TPSA) is 35.2 Å². The zero-order valence-electron chi connectivity index (χ0n) is 11.7. The van der Waals surface area contributed by atoms with Gasteiger partial charge >= 0.3 is 0 Å². The van der Waals surface area contributed by atoms with Crippen molar-refractivity contribution in [1.82, 2.24) is 0 Å². The largest absolute Gasteiger partial charge is 0.490 e. The van der Waals surface area contributed by atoms with E-state index in [9.17, 15) is 0 Å². The van der Waals surface area contributed by atoms with Crippen LogP contribution in [0.25, 0.3) is 0 Å². The highest BCUT2D eigenvalue weighted by Crippen LogP contribution is 2.29. The van der Waals surface area contributed by atoms with Crippen LogP contribution in [0.2, 0.25) is 5.02 Å². The standard InChI is InChI=1S/C16H24ClNO/c1-2-12-10-14(8-9-15(12)17)19-16-7-5-3-4-6-13(16)11-18/h8-10,13,16H,2-7,11,18H2,1H3. The van der Waals surface area contributed by atoms with Gasteiger partial charge in [0.2, 0.25) is 0 Å². The molecule has 2 unspecified atom stereocenters. The molecule has 106 valence electrons. The minimum absolute atomic E-state index is 0.262. The molecular formula is C16H24ClNO. The van der Waals surface area contributed by atoms with Crippen molar-refractivity contribution in [2.45, 2.75) is 51.6 Å². The molecule has 0 amide bonds. The lowest BCUT2D eigenvalue weighted by atomic mass is 9.97. The second-order valence-corrected chi connectivity index (χ2v) is 5.80. The molecule has 19 heavy (non-hydrogen) atoms. The molecule has 3 heteroatoms. The second-order valence-electron chi connectivity index (χ2n) is 5.40. The number of aryl methyl sites for hydroxylation is 1. The van der Waals surface area contributed by atoms with Gasteiger partial charge in [-0.3, -0.25) is 0 Å². The maximum atomic E-state index is 6.20. The number of nitrogens with two attached hydrogens (primary N) is 1. The van der Waals surface area contributed by atoms with Crippen LogP contribution in [-0.2, 0) is 6.42 Å². The minimum atomic E-state index is 0.262. The highest BCUT2D eigenvalue weighted by atomic mass is 35.5. The van der Waals surface area contributed by atoms with Crippen molar-refractivity contribution < 1.29 is 4.74 Å². The van der Waals surface area contributed by atoms with Crippen LogP contribution in [0.1, 0.15) is 44.6 Å². The van der Waals surface area contributed by atoms with Crippen LogP contribution in [0.5, 0.6) is 5.75 Å². The van der Waals surface area contributed by atoms with Crippen molar-refractivity contribution >= 4 is 11.6 Å². The molecule has 0 bridgehead atoms. The lowest BCUT2D eigenvalue weighted by Crippen LogP contribution is -2.31. The SMILES string of the molecule is CCc1cc(OC2CCCCCC2CN)ccc1Cl. The van der Waals surface area contributed by atoms with E-state index >= 15 is 0 Å². The number of benzene rings is 1. The quantitative estimate of drug-likeness (QED) is 0.840. The summed E-state index contributed by atoms with van der Waals surface area (Å²) in [4.78, 5) is 0. The zero-order chi connectivity index (χ0) is 13.7. The van der Waals surface area contributed by atoms with Crippen LogP contribution in [0.4, 0.5) is 0 Å². The van der Waals surface area contributed by atoms with Crippen molar-refractivity contribution in [2.24, 2.45) is 11.7 Å². The lowest BCUT2D eigenvalue weighted by molar-refractivity contribution is 0.129. The third-order valence-electron chi connectivity index (χ3n) is 4.08. The highest BCUT2D eigenvalue weighted by Gasteiger charge is 2.24. The Kier molecular flexibility index (Phi) is 5.53. The lowest BCUT2D eigenvalue weighted by Gasteiger charge is -2.25. The first-order valence-corrected chi connectivity index (χ1v) is 7.77. The Morgan fingerprint density at radius 3 is 2.79 bits per heavy atom. The monoisotopic (exact) mass is 281 g/mol. The Labute approximate surface area is 121 Å². The number of rotatable bonds is 4. The van der Waals surface area contributed by atoms with Gasteiger partial charge in [-0.2, -0.15) is 0 Å². The summed E-state index contributed by atoms with van der Waals surface area (Å²) in [5.74, 6) is 1.43. The van der Waals surface area contributed by atoms with E-state index in [1.54, 1.807) is 0 Å². The molecule has 0 saturated heterocycles. The Bertz CT molecular complexity index is 408. The van der Waals surface area contributed by atoms with Crippen LogP contribution in [0, 0.1) is 5.92 Å². The van der Waals surface area contributed by atoms with E-state index in [0.717, 1.165) is 35.7 Å². The van der Waals surface area contributed by atoms with Gasteiger partial charge in [-0.05, 0) is 56.0 Å². The van der Waals surface area contributed by atoms with E-state index in [0.29, 0.717) is 5.92 Å². The molecule has 2 N–H and O–H groups in total. The molecule has 0 radical (unpaired) electrons. The summed E-state index contributed by atoms with van der Waals surface area (Å²) in [6.07, 6.45) is 7.33. The first-order chi connectivity index (χ1) is 9.24. The van der Waals surface area contributed by atoms with Gasteiger partial charge in [-0.15, -0.1) is 0 Å². The van der Waals surface area contributed by atoms with E-state index in [2.05, 4.69) is 13.0 Å². The fraction of sp³-hybridized carbons (Fsp3) is 0.625. The molecule has 1 aliphatic rings. The van der Waals surface area contributed by atoms with Crippen molar-refractivity contribution in [3.05, 3.63) is 28.8 Å². The fourth-order valence-electron chi connectivity index (χ4n) is 2.85. The Morgan fingerprint density at radius 2 is 2.05 bits per heavy atom. The average Bonchev–Trinajstić information content (AvgIpc) is 2.66. The summed E-state index contributed by atoms with van der Waals surface area (Å²) in [5.41, 5.74) is 7.05. The fourth-order valence-corrected chi connectivity index (χ4v) is 3.10. The van der Waals surface area contributed by atoms with Gasteiger partial charge in [0.05, 0.1) is 0 Å². The first kappa shape index (κ1) is 14.7. The van der Waals surface area contributed by atoms with Crippen LogP contribution in [0.15, 0.2) is 18.2 Å². The summed E-state index contributed by atoms with van der Waals surface area (Å²) >= 11 is 6.15. The molecule has 1 aliphatic carbocycles. The Hall–Kier alpha value is -0.730. The van der Waals surface area contributed by atoms with Crippen molar-refractivity contribution in [3.8, 4) is 5.75 Å². The number of hydrogen-bond acceptors (Lipinski definition) is 2. The van der Waals surface area contributed by atoms with Gasteiger partial charge in [0.15, 0.2) is 0 Å². The van der Waals surface area contributed by atoms with Gasteiger partial charge in [0.25, 0.3) is 0 Å². The summed E-state index contributed by atoms with van der Waals surface area (Å²) in [5, 5.41) is 0.825. The first-order valence-electron chi connectivity index (χ1n) is 7.39. The Morgan fingerprint density at radius 1 is 1.26 bits per heavy atom. The maximum absolute atomic E-state index is 6.20.